The number of ether oxygens (including phenoxy) is 1. The summed E-state index contributed by atoms with van der Waals surface area (Å²) in [5.74, 6) is 0.687. The molecule has 0 saturated carbocycles. The van der Waals surface area contributed by atoms with Gasteiger partial charge in [-0.1, -0.05) is 19.1 Å². The second kappa shape index (κ2) is 5.80. The monoisotopic (exact) mass is 248 g/mol. The van der Waals surface area contributed by atoms with Crippen LogP contribution in [0.4, 0.5) is 0 Å². The van der Waals surface area contributed by atoms with Crippen LogP contribution in [0, 0.1) is 0 Å². The molecule has 0 aliphatic carbocycles. The highest BCUT2D eigenvalue weighted by Crippen LogP contribution is 2.30. The Morgan fingerprint density at radius 3 is 2.94 bits per heavy atom. The van der Waals surface area contributed by atoms with E-state index in [9.17, 15) is 0 Å². The van der Waals surface area contributed by atoms with E-state index in [0.29, 0.717) is 5.88 Å². The Labute approximate surface area is 105 Å². The molecule has 3 nitrogen and oxygen atoms in total. The van der Waals surface area contributed by atoms with E-state index in [-0.39, 0.29) is 6.04 Å². The van der Waals surface area contributed by atoms with E-state index in [0.717, 1.165) is 12.1 Å². The molecule has 0 aromatic carbocycles. The van der Waals surface area contributed by atoms with Gasteiger partial charge < -0.3 is 10.1 Å². The van der Waals surface area contributed by atoms with E-state index < -0.39 is 0 Å². The predicted octanol–water partition coefficient (Wildman–Crippen LogP) is 2.85. The van der Waals surface area contributed by atoms with Gasteiger partial charge in [0, 0.05) is 16.6 Å². The van der Waals surface area contributed by atoms with Crippen LogP contribution < -0.4 is 10.1 Å². The van der Waals surface area contributed by atoms with Gasteiger partial charge in [-0.25, -0.2) is 4.98 Å². The minimum absolute atomic E-state index is 0.156. The number of hydrogen-bond donors (Lipinski definition) is 1. The van der Waals surface area contributed by atoms with Gasteiger partial charge in [0.15, 0.2) is 0 Å². The first-order valence-corrected chi connectivity index (χ1v) is 6.50. The SMILES string of the molecule is CCNC(c1cccs1)c1cccnc1OC. The Morgan fingerprint density at radius 1 is 1.41 bits per heavy atom. The van der Waals surface area contributed by atoms with Gasteiger partial charge in [0.25, 0.3) is 0 Å². The molecule has 90 valence electrons. The topological polar surface area (TPSA) is 34.2 Å². The van der Waals surface area contributed by atoms with E-state index in [2.05, 4.69) is 40.8 Å². The summed E-state index contributed by atoms with van der Waals surface area (Å²) in [5.41, 5.74) is 1.08. The van der Waals surface area contributed by atoms with Crippen LogP contribution in [0.1, 0.15) is 23.4 Å². The molecule has 2 aromatic rings. The highest BCUT2D eigenvalue weighted by Gasteiger charge is 2.18. The van der Waals surface area contributed by atoms with Crippen molar-refractivity contribution in [2.75, 3.05) is 13.7 Å². The summed E-state index contributed by atoms with van der Waals surface area (Å²) in [4.78, 5) is 5.53. The molecular weight excluding hydrogens is 232 g/mol. The third-order valence-corrected chi connectivity index (χ3v) is 3.48. The number of nitrogens with one attached hydrogen (secondary N) is 1. The third-order valence-electron chi connectivity index (χ3n) is 2.54. The molecule has 0 aliphatic rings. The maximum absolute atomic E-state index is 5.32. The first-order chi connectivity index (χ1) is 8.36. The maximum atomic E-state index is 5.32. The first kappa shape index (κ1) is 12.1. The molecule has 1 atom stereocenters. The van der Waals surface area contributed by atoms with Crippen molar-refractivity contribution in [2.24, 2.45) is 0 Å². The second-order valence-electron chi connectivity index (χ2n) is 3.61. The fraction of sp³-hybridized carbons (Fsp3) is 0.308. The van der Waals surface area contributed by atoms with Crippen LogP contribution in [-0.4, -0.2) is 18.6 Å². The fourth-order valence-electron chi connectivity index (χ4n) is 1.82. The zero-order valence-corrected chi connectivity index (χ0v) is 10.8. The number of nitrogens with zero attached hydrogens (tertiary/aromatic N) is 1. The molecule has 2 aromatic heterocycles. The molecule has 2 rings (SSSR count). The Balaban J connectivity index is 2.39. The van der Waals surface area contributed by atoms with Crippen molar-refractivity contribution >= 4 is 11.3 Å². The van der Waals surface area contributed by atoms with E-state index in [1.165, 1.54) is 4.88 Å². The van der Waals surface area contributed by atoms with Crippen LogP contribution in [-0.2, 0) is 0 Å². The number of aromatic nitrogens is 1. The molecule has 0 spiro atoms. The number of pyridine rings is 1. The van der Waals surface area contributed by atoms with Crippen LogP contribution in [0.2, 0.25) is 0 Å². The molecule has 0 amide bonds. The van der Waals surface area contributed by atoms with Crippen LogP contribution in [0.5, 0.6) is 5.88 Å². The Kier molecular flexibility index (Phi) is 4.12. The molecule has 4 heteroatoms. The zero-order chi connectivity index (χ0) is 12.1. The Bertz CT molecular complexity index is 456. The summed E-state index contributed by atoms with van der Waals surface area (Å²) >= 11 is 1.74. The predicted molar refractivity (Wildman–Crippen MR) is 70.6 cm³/mol. The minimum Gasteiger partial charge on any atom is -0.481 e. The van der Waals surface area contributed by atoms with Crippen LogP contribution >= 0.6 is 11.3 Å². The lowest BCUT2D eigenvalue weighted by Crippen LogP contribution is -2.21. The smallest absolute Gasteiger partial charge is 0.218 e. The van der Waals surface area contributed by atoms with E-state index in [4.69, 9.17) is 4.74 Å². The third kappa shape index (κ3) is 2.65. The van der Waals surface area contributed by atoms with Crippen LogP contribution in [0.3, 0.4) is 0 Å². The lowest BCUT2D eigenvalue weighted by Gasteiger charge is -2.18. The molecule has 0 bridgehead atoms. The highest BCUT2D eigenvalue weighted by atomic mass is 32.1. The molecule has 2 heterocycles. The summed E-state index contributed by atoms with van der Waals surface area (Å²) in [5, 5.41) is 5.55. The lowest BCUT2D eigenvalue weighted by atomic mass is 10.1. The number of thiophene rings is 1. The van der Waals surface area contributed by atoms with E-state index >= 15 is 0 Å². The van der Waals surface area contributed by atoms with E-state index in [1.54, 1.807) is 24.6 Å². The summed E-state index contributed by atoms with van der Waals surface area (Å²) in [7, 11) is 1.66. The Morgan fingerprint density at radius 2 is 2.29 bits per heavy atom. The van der Waals surface area contributed by atoms with Crippen molar-refractivity contribution in [3.63, 3.8) is 0 Å². The van der Waals surface area contributed by atoms with Gasteiger partial charge in [-0.2, -0.15) is 0 Å². The number of rotatable bonds is 5. The molecule has 1 unspecified atom stereocenters. The average Bonchev–Trinajstić information content (AvgIpc) is 2.89. The first-order valence-electron chi connectivity index (χ1n) is 5.62. The normalized spacial score (nSPS) is 12.4. The van der Waals surface area contributed by atoms with Gasteiger partial charge >= 0.3 is 0 Å². The molecule has 17 heavy (non-hydrogen) atoms. The van der Waals surface area contributed by atoms with Crippen molar-refractivity contribution in [3.05, 3.63) is 46.3 Å². The summed E-state index contributed by atoms with van der Waals surface area (Å²) in [6.45, 7) is 3.00. The maximum Gasteiger partial charge on any atom is 0.218 e. The van der Waals surface area contributed by atoms with Crippen molar-refractivity contribution in [1.29, 1.82) is 0 Å². The molecule has 0 fully saturated rings. The Hall–Kier alpha value is -1.39. The molecular formula is C13H16N2OS. The quantitative estimate of drug-likeness (QED) is 0.883. The number of hydrogen-bond acceptors (Lipinski definition) is 4. The highest BCUT2D eigenvalue weighted by molar-refractivity contribution is 7.10. The zero-order valence-electron chi connectivity index (χ0n) is 10.0. The van der Waals surface area contributed by atoms with Gasteiger partial charge in [-0.15, -0.1) is 11.3 Å². The number of methoxy groups -OCH3 is 1. The molecule has 0 radical (unpaired) electrons. The second-order valence-corrected chi connectivity index (χ2v) is 4.59. The van der Waals surface area contributed by atoms with E-state index in [1.807, 2.05) is 6.07 Å². The molecule has 0 saturated heterocycles. The largest absolute Gasteiger partial charge is 0.481 e. The standard InChI is InChI=1S/C13H16N2OS/c1-3-14-12(11-7-5-9-17-11)10-6-4-8-15-13(10)16-2/h4-9,12,14H,3H2,1-2H3. The van der Waals surface area contributed by atoms with Crippen molar-refractivity contribution in [3.8, 4) is 5.88 Å². The van der Waals surface area contributed by atoms with Crippen LogP contribution in [0.25, 0.3) is 0 Å². The van der Waals surface area contributed by atoms with Crippen LogP contribution in [0.15, 0.2) is 35.8 Å². The lowest BCUT2D eigenvalue weighted by molar-refractivity contribution is 0.387. The summed E-state index contributed by atoms with van der Waals surface area (Å²) in [6, 6.07) is 8.34. The molecule has 0 aliphatic heterocycles. The van der Waals surface area contributed by atoms with Crippen molar-refractivity contribution in [2.45, 2.75) is 13.0 Å². The molecule has 1 N–H and O–H groups in total. The average molecular weight is 248 g/mol. The van der Waals surface area contributed by atoms with Crippen molar-refractivity contribution in [1.82, 2.24) is 10.3 Å². The van der Waals surface area contributed by atoms with Gasteiger partial charge in [-0.3, -0.25) is 0 Å². The minimum atomic E-state index is 0.156. The summed E-state index contributed by atoms with van der Waals surface area (Å²) < 4.78 is 5.32. The van der Waals surface area contributed by atoms with Crippen molar-refractivity contribution < 1.29 is 4.74 Å². The van der Waals surface area contributed by atoms with Gasteiger partial charge in [0.05, 0.1) is 13.2 Å². The van der Waals surface area contributed by atoms with Gasteiger partial charge in [0.2, 0.25) is 5.88 Å². The fourth-order valence-corrected chi connectivity index (χ4v) is 2.63. The van der Waals surface area contributed by atoms with Gasteiger partial charge in [-0.05, 0) is 24.1 Å². The summed E-state index contributed by atoms with van der Waals surface area (Å²) in [6.07, 6.45) is 1.75. The van der Waals surface area contributed by atoms with Gasteiger partial charge in [0.1, 0.15) is 0 Å².